The van der Waals surface area contributed by atoms with Crippen LogP contribution in [-0.2, 0) is 16.1 Å². The van der Waals surface area contributed by atoms with Crippen molar-refractivity contribution in [3.05, 3.63) is 41.7 Å². The molecule has 2 aromatic rings. The molecule has 2 rings (SSSR count). The SMILES string of the molecule is Cn1nccc1C(=O)Nc1c(F)cc(S(=O)(=O)Cl)cc1F. The standard InChI is InChI=1S/C11H8ClF2N3O3S/c1-17-9(2-3-15-17)11(18)16-10-7(13)4-6(5-8(10)14)21(12,19)20/h2-5H,1H3,(H,16,18). The van der Waals surface area contributed by atoms with Gasteiger partial charge < -0.3 is 5.32 Å². The number of hydrogen-bond donors (Lipinski definition) is 1. The molecule has 1 amide bonds. The molecule has 1 heterocycles. The van der Waals surface area contributed by atoms with Crippen LogP contribution in [0.25, 0.3) is 0 Å². The van der Waals surface area contributed by atoms with Crippen molar-refractivity contribution in [2.45, 2.75) is 4.90 Å². The molecule has 0 radical (unpaired) electrons. The van der Waals surface area contributed by atoms with Gasteiger partial charge >= 0.3 is 0 Å². The van der Waals surface area contributed by atoms with Crippen molar-refractivity contribution in [1.29, 1.82) is 0 Å². The maximum atomic E-state index is 13.7. The second-order valence-corrected chi connectivity index (χ2v) is 6.56. The van der Waals surface area contributed by atoms with Crippen LogP contribution in [0.1, 0.15) is 10.5 Å². The van der Waals surface area contributed by atoms with Gasteiger partial charge in [0.15, 0.2) is 11.6 Å². The predicted octanol–water partition coefficient (Wildman–Crippen LogP) is 1.88. The van der Waals surface area contributed by atoms with Crippen LogP contribution in [0.3, 0.4) is 0 Å². The highest BCUT2D eigenvalue weighted by molar-refractivity contribution is 8.13. The number of anilines is 1. The summed E-state index contributed by atoms with van der Waals surface area (Å²) in [6.45, 7) is 0. The fourth-order valence-corrected chi connectivity index (χ4v) is 2.34. The van der Waals surface area contributed by atoms with Crippen LogP contribution < -0.4 is 5.32 Å². The Labute approximate surface area is 122 Å². The van der Waals surface area contributed by atoms with Gasteiger partial charge in [-0.1, -0.05) is 0 Å². The molecule has 1 N–H and O–H groups in total. The molecule has 1 aromatic carbocycles. The fourth-order valence-electron chi connectivity index (χ4n) is 1.58. The number of amides is 1. The number of halogens is 3. The van der Waals surface area contributed by atoms with E-state index in [1.54, 1.807) is 0 Å². The summed E-state index contributed by atoms with van der Waals surface area (Å²) in [6.07, 6.45) is 1.34. The minimum absolute atomic E-state index is 0.0721. The molecule has 112 valence electrons. The van der Waals surface area contributed by atoms with Gasteiger partial charge in [-0.15, -0.1) is 0 Å². The summed E-state index contributed by atoms with van der Waals surface area (Å²) in [5.74, 6) is -3.32. The Morgan fingerprint density at radius 2 is 1.90 bits per heavy atom. The summed E-state index contributed by atoms with van der Waals surface area (Å²) in [7, 11) is 2.20. The average Bonchev–Trinajstić information content (AvgIpc) is 2.78. The number of hydrogen-bond acceptors (Lipinski definition) is 4. The largest absolute Gasteiger partial charge is 0.316 e. The highest BCUT2D eigenvalue weighted by Gasteiger charge is 2.20. The van der Waals surface area contributed by atoms with Gasteiger partial charge in [-0.25, -0.2) is 17.2 Å². The molecule has 0 spiro atoms. The summed E-state index contributed by atoms with van der Waals surface area (Å²) in [5.41, 5.74) is -0.701. The molecule has 0 aliphatic heterocycles. The Bertz CT molecular complexity index is 797. The predicted molar refractivity (Wildman–Crippen MR) is 70.6 cm³/mol. The molecule has 6 nitrogen and oxygen atoms in total. The first-order chi connectivity index (χ1) is 9.70. The second-order valence-electron chi connectivity index (χ2n) is 3.99. The quantitative estimate of drug-likeness (QED) is 0.868. The molecule has 0 saturated carbocycles. The number of nitrogens with zero attached hydrogens (tertiary/aromatic N) is 2. The van der Waals surface area contributed by atoms with Crippen LogP contribution in [0.15, 0.2) is 29.3 Å². The monoisotopic (exact) mass is 335 g/mol. The lowest BCUT2D eigenvalue weighted by atomic mass is 10.2. The van der Waals surface area contributed by atoms with E-state index in [0.717, 1.165) is 0 Å². The Balaban J connectivity index is 2.38. The number of carbonyl (C=O) groups is 1. The topological polar surface area (TPSA) is 81.1 Å². The van der Waals surface area contributed by atoms with Gasteiger partial charge in [-0.05, 0) is 18.2 Å². The minimum Gasteiger partial charge on any atom is -0.316 e. The van der Waals surface area contributed by atoms with Crippen LogP contribution in [0.2, 0.25) is 0 Å². The summed E-state index contributed by atoms with van der Waals surface area (Å²) < 4.78 is 50.8. The van der Waals surface area contributed by atoms with Crippen molar-refractivity contribution < 1.29 is 22.0 Å². The van der Waals surface area contributed by atoms with Crippen LogP contribution in [0, 0.1) is 11.6 Å². The van der Waals surface area contributed by atoms with E-state index in [0.29, 0.717) is 12.1 Å². The zero-order valence-electron chi connectivity index (χ0n) is 10.5. The maximum Gasteiger partial charge on any atom is 0.274 e. The third-order valence-electron chi connectivity index (χ3n) is 2.59. The third-order valence-corrected chi connectivity index (χ3v) is 3.92. The second kappa shape index (κ2) is 5.41. The highest BCUT2D eigenvalue weighted by Crippen LogP contribution is 2.25. The van der Waals surface area contributed by atoms with Gasteiger partial charge in [0.05, 0.1) is 4.90 Å². The van der Waals surface area contributed by atoms with Gasteiger partial charge in [-0.3, -0.25) is 9.48 Å². The summed E-state index contributed by atoms with van der Waals surface area (Å²) >= 11 is 0. The molecular weight excluding hydrogens is 328 g/mol. The number of aromatic nitrogens is 2. The van der Waals surface area contributed by atoms with Crippen molar-refractivity contribution in [2.75, 3.05) is 5.32 Å². The minimum atomic E-state index is -4.28. The van der Waals surface area contributed by atoms with Crippen molar-refractivity contribution in [3.63, 3.8) is 0 Å². The number of carbonyl (C=O) groups excluding carboxylic acids is 1. The van der Waals surface area contributed by atoms with Crippen LogP contribution >= 0.6 is 10.7 Å². The van der Waals surface area contributed by atoms with Crippen molar-refractivity contribution in [1.82, 2.24) is 9.78 Å². The van der Waals surface area contributed by atoms with E-state index in [2.05, 4.69) is 5.10 Å². The smallest absolute Gasteiger partial charge is 0.274 e. The van der Waals surface area contributed by atoms with Crippen LogP contribution in [0.4, 0.5) is 14.5 Å². The van der Waals surface area contributed by atoms with Crippen molar-refractivity contribution in [2.24, 2.45) is 7.05 Å². The molecule has 1 aromatic heterocycles. The molecule has 0 aliphatic rings. The molecule has 0 fully saturated rings. The van der Waals surface area contributed by atoms with Gasteiger partial charge in [0.25, 0.3) is 15.0 Å². The van der Waals surface area contributed by atoms with Crippen molar-refractivity contribution >= 4 is 31.3 Å². The van der Waals surface area contributed by atoms with E-state index in [-0.39, 0.29) is 5.69 Å². The first-order valence-corrected chi connectivity index (χ1v) is 7.74. The lowest BCUT2D eigenvalue weighted by Crippen LogP contribution is -2.18. The van der Waals surface area contributed by atoms with E-state index >= 15 is 0 Å². The molecule has 0 atom stereocenters. The van der Waals surface area contributed by atoms with E-state index in [9.17, 15) is 22.0 Å². The van der Waals surface area contributed by atoms with Gasteiger partial charge in [0.2, 0.25) is 0 Å². The van der Waals surface area contributed by atoms with Gasteiger partial charge in [-0.2, -0.15) is 5.10 Å². The average molecular weight is 336 g/mol. The Hall–Kier alpha value is -2.00. The number of aryl methyl sites for hydroxylation is 1. The Morgan fingerprint density at radius 1 is 1.33 bits per heavy atom. The van der Waals surface area contributed by atoms with Crippen LogP contribution in [0.5, 0.6) is 0 Å². The Kier molecular flexibility index (Phi) is 3.97. The van der Waals surface area contributed by atoms with Crippen molar-refractivity contribution in [3.8, 4) is 0 Å². The summed E-state index contributed by atoms with van der Waals surface area (Å²) in [4.78, 5) is 11.1. The molecule has 0 saturated heterocycles. The maximum absolute atomic E-state index is 13.7. The molecule has 0 aliphatic carbocycles. The van der Waals surface area contributed by atoms with E-state index in [1.807, 2.05) is 5.32 Å². The lowest BCUT2D eigenvalue weighted by Gasteiger charge is -2.09. The normalized spacial score (nSPS) is 11.4. The first kappa shape index (κ1) is 15.4. The number of benzene rings is 1. The highest BCUT2D eigenvalue weighted by atomic mass is 35.7. The first-order valence-electron chi connectivity index (χ1n) is 5.43. The Morgan fingerprint density at radius 3 is 2.33 bits per heavy atom. The summed E-state index contributed by atoms with van der Waals surface area (Å²) in [5, 5.41) is 5.75. The fraction of sp³-hybridized carbons (Fsp3) is 0.0909. The molecule has 10 heteroatoms. The number of nitrogens with one attached hydrogen (secondary N) is 1. The molecule has 0 unspecified atom stereocenters. The van der Waals surface area contributed by atoms with Gasteiger partial charge in [0.1, 0.15) is 11.4 Å². The van der Waals surface area contributed by atoms with E-state index in [1.165, 1.54) is 24.0 Å². The third kappa shape index (κ3) is 3.19. The van der Waals surface area contributed by atoms with E-state index in [4.69, 9.17) is 10.7 Å². The zero-order valence-corrected chi connectivity index (χ0v) is 12.0. The van der Waals surface area contributed by atoms with Crippen LogP contribution in [-0.4, -0.2) is 24.1 Å². The van der Waals surface area contributed by atoms with Gasteiger partial charge in [0, 0.05) is 23.9 Å². The zero-order chi connectivity index (χ0) is 15.8. The lowest BCUT2D eigenvalue weighted by molar-refractivity contribution is 0.101. The van der Waals surface area contributed by atoms with E-state index < -0.39 is 37.2 Å². The molecule has 0 bridgehead atoms. The summed E-state index contributed by atoms with van der Waals surface area (Å²) in [6, 6.07) is 2.39. The molecule has 21 heavy (non-hydrogen) atoms. The molecular formula is C11H8ClF2N3O3S. The number of rotatable bonds is 3.